The molecule has 22 heavy (non-hydrogen) atoms. The summed E-state index contributed by atoms with van der Waals surface area (Å²) in [7, 11) is 3.27. The number of carboxylic acid groups (broad SMARTS) is 1. The fraction of sp³-hybridized carbons (Fsp3) is 0.588. The number of piperidine rings is 1. The summed E-state index contributed by atoms with van der Waals surface area (Å²) in [6.45, 7) is 2.88. The van der Waals surface area contributed by atoms with Crippen molar-refractivity contribution >= 4 is 5.97 Å². The molecular weight excluding hydrogens is 282 g/mol. The summed E-state index contributed by atoms with van der Waals surface area (Å²) in [6.07, 6.45) is 3.54. The van der Waals surface area contributed by atoms with Gasteiger partial charge in [-0.2, -0.15) is 0 Å². The molecule has 5 nitrogen and oxygen atoms in total. The van der Waals surface area contributed by atoms with Crippen LogP contribution in [0.5, 0.6) is 11.5 Å². The molecule has 1 aliphatic heterocycles. The Bertz CT molecular complexity index is 517. The van der Waals surface area contributed by atoms with Crippen molar-refractivity contribution in [1.29, 1.82) is 0 Å². The zero-order valence-corrected chi connectivity index (χ0v) is 13.5. The van der Waals surface area contributed by atoms with E-state index >= 15 is 0 Å². The van der Waals surface area contributed by atoms with Crippen molar-refractivity contribution in [2.45, 2.75) is 44.7 Å². The number of hydrogen-bond acceptors (Lipinski definition) is 4. The largest absolute Gasteiger partial charge is 0.497 e. The molecule has 1 saturated heterocycles. The molecule has 2 rings (SSSR count). The number of rotatable bonds is 6. The summed E-state index contributed by atoms with van der Waals surface area (Å²) in [4.78, 5) is 13.7. The first-order chi connectivity index (χ1) is 10.6. The van der Waals surface area contributed by atoms with Crippen molar-refractivity contribution in [3.63, 3.8) is 0 Å². The minimum absolute atomic E-state index is 0.0199. The van der Waals surface area contributed by atoms with Crippen LogP contribution in [0.1, 0.15) is 44.2 Å². The zero-order chi connectivity index (χ0) is 16.1. The van der Waals surface area contributed by atoms with Crippen LogP contribution in [0.2, 0.25) is 0 Å². The highest BCUT2D eigenvalue weighted by atomic mass is 16.5. The lowest BCUT2D eigenvalue weighted by atomic mass is 9.94. The van der Waals surface area contributed by atoms with Crippen LogP contribution < -0.4 is 9.47 Å². The Balaban J connectivity index is 2.39. The Kier molecular flexibility index (Phi) is 5.66. The molecule has 0 bridgehead atoms. The van der Waals surface area contributed by atoms with Gasteiger partial charge in [0.05, 0.1) is 14.2 Å². The van der Waals surface area contributed by atoms with E-state index in [4.69, 9.17) is 9.47 Å². The molecule has 0 radical (unpaired) electrons. The normalized spacial score (nSPS) is 20.4. The van der Waals surface area contributed by atoms with E-state index in [2.05, 4.69) is 11.8 Å². The lowest BCUT2D eigenvalue weighted by molar-refractivity contribution is -0.146. The maximum atomic E-state index is 11.6. The van der Waals surface area contributed by atoms with Crippen LogP contribution in [0, 0.1) is 0 Å². The average Bonchev–Trinajstić information content (AvgIpc) is 2.55. The predicted octanol–water partition coefficient (Wildman–Crippen LogP) is 3.09. The SMILES string of the molecule is CCC(c1cc(OC)ccc1OC)N1CCCCC1C(=O)O. The van der Waals surface area contributed by atoms with E-state index in [-0.39, 0.29) is 6.04 Å². The Hall–Kier alpha value is -1.75. The molecule has 1 N–H and O–H groups in total. The molecule has 122 valence electrons. The molecule has 1 aromatic rings. The second-order valence-corrected chi connectivity index (χ2v) is 5.62. The maximum absolute atomic E-state index is 11.6. The number of carboxylic acids is 1. The number of ether oxygens (including phenoxy) is 2. The molecule has 0 aromatic heterocycles. The number of aliphatic carboxylic acids is 1. The van der Waals surface area contributed by atoms with E-state index in [1.165, 1.54) is 0 Å². The molecule has 1 heterocycles. The van der Waals surface area contributed by atoms with Crippen LogP contribution in [0.25, 0.3) is 0 Å². The summed E-state index contributed by atoms with van der Waals surface area (Å²) < 4.78 is 10.8. The van der Waals surface area contributed by atoms with Crippen LogP contribution >= 0.6 is 0 Å². The molecule has 1 fully saturated rings. The number of carbonyl (C=O) groups is 1. The van der Waals surface area contributed by atoms with Gasteiger partial charge in [-0.05, 0) is 44.0 Å². The first kappa shape index (κ1) is 16.6. The summed E-state index contributed by atoms with van der Waals surface area (Å²) in [5.41, 5.74) is 0.998. The Labute approximate surface area is 131 Å². The second-order valence-electron chi connectivity index (χ2n) is 5.62. The number of likely N-dealkylation sites (tertiary alicyclic amines) is 1. The van der Waals surface area contributed by atoms with Gasteiger partial charge in [0.1, 0.15) is 17.5 Å². The van der Waals surface area contributed by atoms with Gasteiger partial charge in [-0.1, -0.05) is 13.3 Å². The van der Waals surface area contributed by atoms with Gasteiger partial charge in [0.2, 0.25) is 0 Å². The highest BCUT2D eigenvalue weighted by Gasteiger charge is 2.34. The van der Waals surface area contributed by atoms with E-state index in [1.54, 1.807) is 14.2 Å². The van der Waals surface area contributed by atoms with E-state index in [0.29, 0.717) is 6.42 Å². The first-order valence-electron chi connectivity index (χ1n) is 7.82. The Morgan fingerprint density at radius 1 is 1.36 bits per heavy atom. The Morgan fingerprint density at radius 2 is 2.14 bits per heavy atom. The van der Waals surface area contributed by atoms with Crippen LogP contribution in [-0.4, -0.2) is 42.8 Å². The summed E-state index contributed by atoms with van der Waals surface area (Å²) in [5, 5.41) is 9.53. The lowest BCUT2D eigenvalue weighted by Crippen LogP contribution is -2.46. The van der Waals surface area contributed by atoms with Crippen molar-refractivity contribution in [3.05, 3.63) is 23.8 Å². The smallest absolute Gasteiger partial charge is 0.320 e. The van der Waals surface area contributed by atoms with Crippen LogP contribution in [-0.2, 0) is 4.79 Å². The van der Waals surface area contributed by atoms with E-state index in [1.807, 2.05) is 18.2 Å². The predicted molar refractivity (Wildman–Crippen MR) is 84.6 cm³/mol. The third kappa shape index (κ3) is 3.35. The third-order valence-corrected chi connectivity index (χ3v) is 4.41. The van der Waals surface area contributed by atoms with Gasteiger partial charge < -0.3 is 14.6 Å². The van der Waals surface area contributed by atoms with Crippen molar-refractivity contribution < 1.29 is 19.4 Å². The van der Waals surface area contributed by atoms with E-state index < -0.39 is 12.0 Å². The van der Waals surface area contributed by atoms with Gasteiger partial charge in [-0.3, -0.25) is 9.69 Å². The fourth-order valence-electron chi connectivity index (χ4n) is 3.32. The molecule has 2 unspecified atom stereocenters. The van der Waals surface area contributed by atoms with Gasteiger partial charge in [0.15, 0.2) is 0 Å². The number of methoxy groups -OCH3 is 2. The number of nitrogens with zero attached hydrogens (tertiary/aromatic N) is 1. The molecule has 0 amide bonds. The quantitative estimate of drug-likeness (QED) is 0.875. The van der Waals surface area contributed by atoms with Crippen molar-refractivity contribution in [2.75, 3.05) is 20.8 Å². The average molecular weight is 307 g/mol. The first-order valence-corrected chi connectivity index (χ1v) is 7.82. The van der Waals surface area contributed by atoms with Crippen LogP contribution in [0.4, 0.5) is 0 Å². The standard InChI is InChI=1S/C17H25NO4/c1-4-14(18-10-6-5-7-15(18)17(19)20)13-11-12(21-2)8-9-16(13)22-3/h8-9,11,14-15H,4-7,10H2,1-3H3,(H,19,20). The fourth-order valence-corrected chi connectivity index (χ4v) is 3.32. The molecular formula is C17H25NO4. The van der Waals surface area contributed by atoms with Gasteiger partial charge >= 0.3 is 5.97 Å². The van der Waals surface area contributed by atoms with Crippen molar-refractivity contribution in [3.8, 4) is 11.5 Å². The van der Waals surface area contributed by atoms with Crippen molar-refractivity contribution in [1.82, 2.24) is 4.90 Å². The van der Waals surface area contributed by atoms with Crippen LogP contribution in [0.3, 0.4) is 0 Å². The molecule has 2 atom stereocenters. The topological polar surface area (TPSA) is 59.0 Å². The monoisotopic (exact) mass is 307 g/mol. The molecule has 0 aliphatic carbocycles. The summed E-state index contributed by atoms with van der Waals surface area (Å²) >= 11 is 0. The highest BCUT2D eigenvalue weighted by Crippen LogP contribution is 2.37. The minimum Gasteiger partial charge on any atom is -0.497 e. The number of benzene rings is 1. The second kappa shape index (κ2) is 7.49. The van der Waals surface area contributed by atoms with Gasteiger partial charge in [-0.25, -0.2) is 0 Å². The Morgan fingerprint density at radius 3 is 2.73 bits per heavy atom. The van der Waals surface area contributed by atoms with E-state index in [9.17, 15) is 9.90 Å². The molecule has 5 heteroatoms. The van der Waals surface area contributed by atoms with Gasteiger partial charge in [0.25, 0.3) is 0 Å². The van der Waals surface area contributed by atoms with Crippen LogP contribution in [0.15, 0.2) is 18.2 Å². The molecule has 1 aliphatic rings. The third-order valence-electron chi connectivity index (χ3n) is 4.41. The number of hydrogen-bond donors (Lipinski definition) is 1. The maximum Gasteiger partial charge on any atom is 0.320 e. The summed E-state index contributed by atoms with van der Waals surface area (Å²) in [5.74, 6) is 0.806. The lowest BCUT2D eigenvalue weighted by Gasteiger charge is -2.39. The van der Waals surface area contributed by atoms with Crippen molar-refractivity contribution in [2.24, 2.45) is 0 Å². The zero-order valence-electron chi connectivity index (χ0n) is 13.5. The van der Waals surface area contributed by atoms with Gasteiger partial charge in [0, 0.05) is 11.6 Å². The highest BCUT2D eigenvalue weighted by molar-refractivity contribution is 5.73. The molecule has 0 saturated carbocycles. The molecule has 0 spiro atoms. The van der Waals surface area contributed by atoms with E-state index in [0.717, 1.165) is 42.9 Å². The van der Waals surface area contributed by atoms with Gasteiger partial charge in [-0.15, -0.1) is 0 Å². The minimum atomic E-state index is -0.736. The molecule has 1 aromatic carbocycles. The summed E-state index contributed by atoms with van der Waals surface area (Å²) in [6, 6.07) is 5.30.